The monoisotopic (exact) mass is 225 g/mol. The lowest BCUT2D eigenvalue weighted by Gasteiger charge is -1.94. The van der Waals surface area contributed by atoms with Crippen molar-refractivity contribution in [2.45, 2.75) is 6.92 Å². The molecule has 0 aliphatic rings. The van der Waals surface area contributed by atoms with Crippen molar-refractivity contribution in [2.24, 2.45) is 0 Å². The lowest BCUT2D eigenvalue weighted by Crippen LogP contribution is -1.94. The summed E-state index contributed by atoms with van der Waals surface area (Å²) in [6, 6.07) is 8.05. The number of aromatic nitrogens is 4. The van der Waals surface area contributed by atoms with Crippen molar-refractivity contribution in [3.8, 4) is 11.4 Å². The average molecular weight is 225 g/mol. The fourth-order valence-electron chi connectivity index (χ4n) is 1.62. The van der Waals surface area contributed by atoms with Crippen LogP contribution in [0, 0.1) is 6.92 Å². The molecule has 0 spiro atoms. The van der Waals surface area contributed by atoms with Crippen LogP contribution in [-0.2, 0) is 0 Å². The summed E-state index contributed by atoms with van der Waals surface area (Å²) in [5.74, 6) is 1.21. The third-order valence-corrected chi connectivity index (χ3v) is 2.52. The summed E-state index contributed by atoms with van der Waals surface area (Å²) in [6.07, 6.45) is 3.27. The van der Waals surface area contributed by atoms with Gasteiger partial charge in [-0.05, 0) is 6.92 Å². The van der Waals surface area contributed by atoms with Crippen molar-refractivity contribution < 1.29 is 0 Å². The van der Waals surface area contributed by atoms with Gasteiger partial charge < -0.3 is 5.73 Å². The van der Waals surface area contributed by atoms with Crippen molar-refractivity contribution >= 4 is 11.5 Å². The molecule has 0 aliphatic heterocycles. The molecule has 5 nitrogen and oxygen atoms in total. The Balaban J connectivity index is 2.14. The van der Waals surface area contributed by atoms with Gasteiger partial charge in [0.1, 0.15) is 0 Å². The van der Waals surface area contributed by atoms with Crippen LogP contribution in [0.3, 0.4) is 0 Å². The molecule has 0 aliphatic carbocycles. The Morgan fingerprint density at radius 1 is 1.18 bits per heavy atom. The van der Waals surface area contributed by atoms with Gasteiger partial charge in [-0.2, -0.15) is 4.98 Å². The summed E-state index contributed by atoms with van der Waals surface area (Å²) in [7, 11) is 0. The Hall–Kier alpha value is -2.43. The van der Waals surface area contributed by atoms with E-state index < -0.39 is 0 Å². The van der Waals surface area contributed by atoms with Gasteiger partial charge in [0.25, 0.3) is 5.78 Å². The lowest BCUT2D eigenvalue weighted by molar-refractivity contribution is 0.945. The molecule has 2 N–H and O–H groups in total. The highest BCUT2D eigenvalue weighted by Crippen LogP contribution is 2.16. The predicted molar refractivity (Wildman–Crippen MR) is 65.4 cm³/mol. The van der Waals surface area contributed by atoms with Gasteiger partial charge in [-0.1, -0.05) is 29.8 Å². The number of hydrogen-bond acceptors (Lipinski definition) is 4. The van der Waals surface area contributed by atoms with E-state index in [1.165, 1.54) is 5.56 Å². The smallest absolute Gasteiger partial charge is 0.252 e. The molecule has 3 rings (SSSR count). The molecule has 5 heteroatoms. The Morgan fingerprint density at radius 3 is 2.71 bits per heavy atom. The molecule has 0 saturated heterocycles. The van der Waals surface area contributed by atoms with Gasteiger partial charge in [0.05, 0.1) is 18.1 Å². The van der Waals surface area contributed by atoms with Gasteiger partial charge in [-0.15, -0.1) is 5.10 Å². The molecule has 84 valence electrons. The van der Waals surface area contributed by atoms with E-state index >= 15 is 0 Å². The first kappa shape index (κ1) is 9.77. The van der Waals surface area contributed by atoms with Crippen molar-refractivity contribution in [1.82, 2.24) is 19.6 Å². The van der Waals surface area contributed by atoms with Gasteiger partial charge in [0.2, 0.25) is 0 Å². The average Bonchev–Trinajstić information content (AvgIpc) is 2.72. The molecule has 0 unspecified atom stereocenters. The largest absolute Gasteiger partial charge is 0.396 e. The van der Waals surface area contributed by atoms with E-state index in [1.54, 1.807) is 16.9 Å². The van der Waals surface area contributed by atoms with E-state index in [4.69, 9.17) is 5.73 Å². The molecule has 0 amide bonds. The zero-order chi connectivity index (χ0) is 11.8. The first-order chi connectivity index (χ1) is 8.22. The molecular formula is C12H11N5. The molecule has 0 atom stereocenters. The molecular weight excluding hydrogens is 214 g/mol. The molecule has 0 saturated carbocycles. The molecule has 2 heterocycles. The molecule has 0 bridgehead atoms. The summed E-state index contributed by atoms with van der Waals surface area (Å²) in [4.78, 5) is 8.45. The van der Waals surface area contributed by atoms with E-state index in [2.05, 4.69) is 15.1 Å². The minimum atomic E-state index is 0.551. The van der Waals surface area contributed by atoms with Gasteiger partial charge in [-0.25, -0.2) is 9.50 Å². The van der Waals surface area contributed by atoms with Crippen LogP contribution in [0.1, 0.15) is 5.56 Å². The van der Waals surface area contributed by atoms with Crippen LogP contribution in [0.4, 0.5) is 5.69 Å². The minimum absolute atomic E-state index is 0.551. The number of aryl methyl sites for hydroxylation is 1. The van der Waals surface area contributed by atoms with Crippen LogP contribution in [0.15, 0.2) is 36.7 Å². The summed E-state index contributed by atoms with van der Waals surface area (Å²) in [6.45, 7) is 2.04. The molecule has 17 heavy (non-hydrogen) atoms. The summed E-state index contributed by atoms with van der Waals surface area (Å²) >= 11 is 0. The molecule has 0 radical (unpaired) electrons. The maximum absolute atomic E-state index is 5.64. The lowest BCUT2D eigenvalue weighted by atomic mass is 10.1. The third-order valence-electron chi connectivity index (χ3n) is 2.52. The second-order valence-corrected chi connectivity index (χ2v) is 3.93. The number of fused-ring (bicyclic) bond motifs is 1. The summed E-state index contributed by atoms with van der Waals surface area (Å²) in [5, 5.41) is 4.34. The molecule has 0 fully saturated rings. The fraction of sp³-hybridized carbons (Fsp3) is 0.0833. The number of nitrogens with two attached hydrogens (primary N) is 1. The van der Waals surface area contributed by atoms with Crippen LogP contribution < -0.4 is 5.73 Å². The van der Waals surface area contributed by atoms with Gasteiger partial charge in [0, 0.05) is 5.56 Å². The predicted octanol–water partition coefficient (Wildman–Crippen LogP) is 1.68. The second kappa shape index (κ2) is 3.55. The van der Waals surface area contributed by atoms with E-state index in [0.717, 1.165) is 5.56 Å². The van der Waals surface area contributed by atoms with Crippen molar-refractivity contribution in [1.29, 1.82) is 0 Å². The minimum Gasteiger partial charge on any atom is -0.396 e. The number of anilines is 1. The number of benzene rings is 1. The Labute approximate surface area is 97.9 Å². The number of nitrogens with zero attached hydrogens (tertiary/aromatic N) is 4. The van der Waals surface area contributed by atoms with Gasteiger partial charge in [-0.3, -0.25) is 0 Å². The zero-order valence-electron chi connectivity index (χ0n) is 9.33. The van der Waals surface area contributed by atoms with Gasteiger partial charge >= 0.3 is 0 Å². The summed E-state index contributed by atoms with van der Waals surface area (Å²) < 4.78 is 1.59. The zero-order valence-corrected chi connectivity index (χ0v) is 9.33. The summed E-state index contributed by atoms with van der Waals surface area (Å²) in [5.41, 5.74) is 8.39. The van der Waals surface area contributed by atoms with Crippen molar-refractivity contribution in [2.75, 3.05) is 5.73 Å². The van der Waals surface area contributed by atoms with E-state index in [-0.39, 0.29) is 0 Å². The topological polar surface area (TPSA) is 69.1 Å². The van der Waals surface area contributed by atoms with Crippen LogP contribution >= 0.6 is 0 Å². The maximum Gasteiger partial charge on any atom is 0.252 e. The SMILES string of the molecule is Cc1ccc(-c2nc3ncc(N)cn3n2)cc1. The van der Waals surface area contributed by atoms with Gasteiger partial charge in [0.15, 0.2) is 5.82 Å². The quantitative estimate of drug-likeness (QED) is 0.684. The fourth-order valence-corrected chi connectivity index (χ4v) is 1.62. The number of rotatable bonds is 1. The Bertz CT molecular complexity index is 669. The number of nitrogen functional groups attached to an aromatic ring is 1. The van der Waals surface area contributed by atoms with Crippen LogP contribution in [0.2, 0.25) is 0 Å². The first-order valence-corrected chi connectivity index (χ1v) is 5.27. The molecule has 3 aromatic rings. The second-order valence-electron chi connectivity index (χ2n) is 3.93. The van der Waals surface area contributed by atoms with Crippen LogP contribution in [-0.4, -0.2) is 19.6 Å². The van der Waals surface area contributed by atoms with E-state index in [1.807, 2.05) is 31.2 Å². The van der Waals surface area contributed by atoms with E-state index in [0.29, 0.717) is 17.3 Å². The first-order valence-electron chi connectivity index (χ1n) is 5.27. The van der Waals surface area contributed by atoms with Crippen LogP contribution in [0.5, 0.6) is 0 Å². The van der Waals surface area contributed by atoms with Crippen LogP contribution in [0.25, 0.3) is 17.2 Å². The highest BCUT2D eigenvalue weighted by Gasteiger charge is 2.06. The third kappa shape index (κ3) is 1.71. The standard InChI is InChI=1S/C12H11N5/c1-8-2-4-9(5-3-8)11-15-12-14-6-10(13)7-17(12)16-11/h2-7H,13H2,1H3. The molecule has 1 aromatic carbocycles. The highest BCUT2D eigenvalue weighted by atomic mass is 15.3. The highest BCUT2D eigenvalue weighted by molar-refractivity contribution is 5.57. The normalized spacial score (nSPS) is 10.9. The Kier molecular flexibility index (Phi) is 2.04. The van der Waals surface area contributed by atoms with E-state index in [9.17, 15) is 0 Å². The van der Waals surface area contributed by atoms with Crippen molar-refractivity contribution in [3.63, 3.8) is 0 Å². The maximum atomic E-state index is 5.64. The molecule has 2 aromatic heterocycles. The Morgan fingerprint density at radius 2 is 1.94 bits per heavy atom. The van der Waals surface area contributed by atoms with Crippen molar-refractivity contribution in [3.05, 3.63) is 42.2 Å². The number of hydrogen-bond donors (Lipinski definition) is 1.